The summed E-state index contributed by atoms with van der Waals surface area (Å²) in [6.07, 6.45) is 67.5. The molecule has 0 saturated carbocycles. The van der Waals surface area contributed by atoms with E-state index in [2.05, 4.69) is 43.5 Å². The molecular formula is C60H115NO5. The normalized spacial score (nSPS) is 12.7. The first-order chi connectivity index (χ1) is 32.5. The fourth-order valence-corrected chi connectivity index (χ4v) is 9.16. The number of carbonyl (C=O) groups excluding carboxylic acids is 2. The summed E-state index contributed by atoms with van der Waals surface area (Å²) in [5.41, 5.74) is 0. The lowest BCUT2D eigenvalue weighted by molar-refractivity contribution is -0.143. The zero-order valence-corrected chi connectivity index (χ0v) is 44.4. The Morgan fingerprint density at radius 3 is 1.08 bits per heavy atom. The van der Waals surface area contributed by atoms with Gasteiger partial charge in [0.05, 0.1) is 25.4 Å². The Morgan fingerprint density at radius 2 is 0.712 bits per heavy atom. The predicted molar refractivity (Wildman–Crippen MR) is 287 cm³/mol. The maximum Gasteiger partial charge on any atom is 0.305 e. The number of amides is 1. The number of allylic oxidation sites excluding steroid dienone is 4. The number of esters is 1. The molecule has 3 N–H and O–H groups in total. The molecule has 2 atom stereocenters. The Bertz CT molecular complexity index is 1030. The zero-order chi connectivity index (χ0) is 47.9. The van der Waals surface area contributed by atoms with E-state index in [-0.39, 0.29) is 18.5 Å². The Morgan fingerprint density at radius 1 is 0.409 bits per heavy atom. The van der Waals surface area contributed by atoms with Crippen molar-refractivity contribution in [3.8, 4) is 0 Å². The SMILES string of the molecule is CCCCCCCC/C=C\CCCCCCCCCC(=O)OCCCCCCCCCCC/C=C\CCCCCCCCCC(=O)NC(CO)C(O)CCCCCCCCCCCCCC. The van der Waals surface area contributed by atoms with Crippen LogP contribution in [0.2, 0.25) is 0 Å². The molecule has 6 heteroatoms. The molecule has 0 aliphatic carbocycles. The van der Waals surface area contributed by atoms with Gasteiger partial charge in [0.1, 0.15) is 0 Å². The minimum Gasteiger partial charge on any atom is -0.466 e. The van der Waals surface area contributed by atoms with Crippen LogP contribution in [0.3, 0.4) is 0 Å². The highest BCUT2D eigenvalue weighted by Gasteiger charge is 2.20. The molecule has 66 heavy (non-hydrogen) atoms. The number of unbranched alkanes of at least 4 members (excludes halogenated alkanes) is 40. The highest BCUT2D eigenvalue weighted by molar-refractivity contribution is 5.76. The maximum atomic E-state index is 12.4. The van der Waals surface area contributed by atoms with E-state index in [1.54, 1.807) is 0 Å². The highest BCUT2D eigenvalue weighted by Crippen LogP contribution is 2.17. The standard InChI is InChI=1S/C60H115NO5/c1-3-5-7-9-11-13-15-17-18-23-27-30-34-38-42-46-50-54-60(65)66-55-51-47-43-39-35-31-28-25-22-20-19-21-24-26-29-33-37-41-45-49-53-59(64)61-57(56-62)58(63)52-48-44-40-36-32-16-14-12-10-8-6-4-2/h17-19,21,57-58,62-63H,3-16,20,22-56H2,1-2H3,(H,61,64)/b18-17-,21-19-. The summed E-state index contributed by atoms with van der Waals surface area (Å²) >= 11 is 0. The summed E-state index contributed by atoms with van der Waals surface area (Å²) in [4.78, 5) is 24.5. The van der Waals surface area contributed by atoms with E-state index in [1.165, 1.54) is 244 Å². The maximum absolute atomic E-state index is 12.4. The molecule has 2 unspecified atom stereocenters. The lowest BCUT2D eigenvalue weighted by Gasteiger charge is -2.22. The molecule has 0 aromatic rings. The molecule has 1 amide bonds. The van der Waals surface area contributed by atoms with Crippen LogP contribution in [-0.4, -0.2) is 47.4 Å². The topological polar surface area (TPSA) is 95.9 Å². The van der Waals surface area contributed by atoms with Gasteiger partial charge in [0.2, 0.25) is 5.91 Å². The van der Waals surface area contributed by atoms with Gasteiger partial charge in [0.15, 0.2) is 0 Å². The fraction of sp³-hybridized carbons (Fsp3) is 0.900. The monoisotopic (exact) mass is 930 g/mol. The zero-order valence-electron chi connectivity index (χ0n) is 44.4. The van der Waals surface area contributed by atoms with E-state index in [1.807, 2.05) is 0 Å². The summed E-state index contributed by atoms with van der Waals surface area (Å²) in [6.45, 7) is 4.94. The lowest BCUT2D eigenvalue weighted by atomic mass is 10.0. The van der Waals surface area contributed by atoms with Crippen molar-refractivity contribution in [3.63, 3.8) is 0 Å². The van der Waals surface area contributed by atoms with Crippen LogP contribution in [0.25, 0.3) is 0 Å². The number of aliphatic hydroxyl groups excluding tert-OH is 2. The highest BCUT2D eigenvalue weighted by atomic mass is 16.5. The first kappa shape index (κ1) is 64.3. The van der Waals surface area contributed by atoms with Crippen LogP contribution < -0.4 is 5.32 Å². The molecular weight excluding hydrogens is 815 g/mol. The van der Waals surface area contributed by atoms with Gasteiger partial charge in [-0.05, 0) is 77.0 Å². The Balaban J connectivity index is 3.41. The largest absolute Gasteiger partial charge is 0.466 e. The third kappa shape index (κ3) is 51.7. The van der Waals surface area contributed by atoms with Crippen LogP contribution in [0.4, 0.5) is 0 Å². The number of ether oxygens (including phenoxy) is 1. The summed E-state index contributed by atoms with van der Waals surface area (Å²) < 4.78 is 5.48. The van der Waals surface area contributed by atoms with Crippen molar-refractivity contribution in [2.24, 2.45) is 0 Å². The number of hydrogen-bond acceptors (Lipinski definition) is 5. The van der Waals surface area contributed by atoms with E-state index in [9.17, 15) is 19.8 Å². The first-order valence-electron chi connectivity index (χ1n) is 29.6. The van der Waals surface area contributed by atoms with Crippen molar-refractivity contribution in [2.45, 2.75) is 334 Å². The van der Waals surface area contributed by atoms with E-state index < -0.39 is 12.1 Å². The molecule has 0 aliphatic rings. The molecule has 0 bridgehead atoms. The average Bonchev–Trinajstić information content (AvgIpc) is 3.32. The summed E-state index contributed by atoms with van der Waals surface area (Å²) in [5, 5.41) is 23.2. The summed E-state index contributed by atoms with van der Waals surface area (Å²) in [5.74, 6) is -0.0405. The second-order valence-corrected chi connectivity index (χ2v) is 20.3. The van der Waals surface area contributed by atoms with Gasteiger partial charge < -0.3 is 20.3 Å². The molecule has 0 heterocycles. The Kier molecular flexibility index (Phi) is 54.5. The Hall–Kier alpha value is -1.66. The van der Waals surface area contributed by atoms with Crippen LogP contribution in [0.15, 0.2) is 24.3 Å². The van der Waals surface area contributed by atoms with Gasteiger partial charge in [-0.25, -0.2) is 0 Å². The number of carbonyl (C=O) groups is 2. The second kappa shape index (κ2) is 55.9. The van der Waals surface area contributed by atoms with Crippen LogP contribution in [-0.2, 0) is 14.3 Å². The van der Waals surface area contributed by atoms with Crippen LogP contribution >= 0.6 is 0 Å². The molecule has 6 nitrogen and oxygen atoms in total. The van der Waals surface area contributed by atoms with Crippen LogP contribution in [0.1, 0.15) is 322 Å². The molecule has 0 fully saturated rings. The quantitative estimate of drug-likeness (QED) is 0.0321. The van der Waals surface area contributed by atoms with Crippen molar-refractivity contribution >= 4 is 11.9 Å². The number of nitrogens with one attached hydrogen (secondary N) is 1. The predicted octanol–water partition coefficient (Wildman–Crippen LogP) is 18.2. The molecule has 0 aliphatic heterocycles. The molecule has 0 spiro atoms. The molecule has 0 rings (SSSR count). The molecule has 0 aromatic carbocycles. The van der Waals surface area contributed by atoms with Crippen molar-refractivity contribution < 1.29 is 24.5 Å². The van der Waals surface area contributed by atoms with Crippen molar-refractivity contribution in [3.05, 3.63) is 24.3 Å². The summed E-state index contributed by atoms with van der Waals surface area (Å²) in [6, 6.07) is -0.547. The number of rotatable bonds is 55. The van der Waals surface area contributed by atoms with E-state index in [0.29, 0.717) is 25.9 Å². The van der Waals surface area contributed by atoms with Crippen LogP contribution in [0.5, 0.6) is 0 Å². The molecule has 0 aromatic heterocycles. The van der Waals surface area contributed by atoms with Gasteiger partial charge >= 0.3 is 5.97 Å². The van der Waals surface area contributed by atoms with Gasteiger partial charge in [-0.3, -0.25) is 9.59 Å². The molecule has 0 saturated heterocycles. The van der Waals surface area contributed by atoms with Crippen molar-refractivity contribution in [1.82, 2.24) is 5.32 Å². The van der Waals surface area contributed by atoms with E-state index in [0.717, 1.165) is 44.9 Å². The van der Waals surface area contributed by atoms with Gasteiger partial charge in [-0.15, -0.1) is 0 Å². The third-order valence-corrected chi connectivity index (χ3v) is 13.7. The molecule has 390 valence electrons. The van der Waals surface area contributed by atoms with Crippen molar-refractivity contribution in [2.75, 3.05) is 13.2 Å². The van der Waals surface area contributed by atoms with Gasteiger partial charge in [0.25, 0.3) is 0 Å². The van der Waals surface area contributed by atoms with Crippen LogP contribution in [0, 0.1) is 0 Å². The third-order valence-electron chi connectivity index (χ3n) is 13.7. The number of aliphatic hydroxyl groups is 2. The summed E-state index contributed by atoms with van der Waals surface area (Å²) in [7, 11) is 0. The fourth-order valence-electron chi connectivity index (χ4n) is 9.16. The molecule has 0 radical (unpaired) electrons. The average molecular weight is 931 g/mol. The van der Waals surface area contributed by atoms with E-state index >= 15 is 0 Å². The van der Waals surface area contributed by atoms with Gasteiger partial charge in [-0.1, -0.05) is 256 Å². The second-order valence-electron chi connectivity index (χ2n) is 20.3. The minimum absolute atomic E-state index is 0.00306. The minimum atomic E-state index is -0.668. The van der Waals surface area contributed by atoms with Gasteiger partial charge in [0, 0.05) is 12.8 Å². The first-order valence-corrected chi connectivity index (χ1v) is 29.6. The van der Waals surface area contributed by atoms with E-state index in [4.69, 9.17) is 4.74 Å². The van der Waals surface area contributed by atoms with Crippen molar-refractivity contribution in [1.29, 1.82) is 0 Å². The van der Waals surface area contributed by atoms with Gasteiger partial charge in [-0.2, -0.15) is 0 Å². The lowest BCUT2D eigenvalue weighted by Crippen LogP contribution is -2.45. The number of hydrogen-bond donors (Lipinski definition) is 3. The Labute approximate surface area is 411 Å². The smallest absolute Gasteiger partial charge is 0.305 e.